The summed E-state index contributed by atoms with van der Waals surface area (Å²) >= 11 is 0. The Bertz CT molecular complexity index is 503. The van der Waals surface area contributed by atoms with E-state index >= 15 is 0 Å². The van der Waals surface area contributed by atoms with Crippen molar-refractivity contribution in [3.63, 3.8) is 0 Å². The summed E-state index contributed by atoms with van der Waals surface area (Å²) in [5.74, 6) is 0.938. The molecule has 4 rings (SSSR count). The summed E-state index contributed by atoms with van der Waals surface area (Å²) in [5.41, 5.74) is -0.209. The van der Waals surface area contributed by atoms with Crippen LogP contribution in [0.25, 0.3) is 0 Å². The highest BCUT2D eigenvalue weighted by Crippen LogP contribution is 2.44. The van der Waals surface area contributed by atoms with Gasteiger partial charge in [0, 0.05) is 25.6 Å². The standard InChI is InChI=1S/C19H31N3O2/c23-17-10-15(12-22(17)16-7-2-1-3-8-16)21-18(24)19-9-5-4-6-14(19)11-20-13-19/h14-16,20H,1-13H2,(H,21,24)/t14-,15?,19+/m0/s1. The monoisotopic (exact) mass is 333 g/mol. The summed E-state index contributed by atoms with van der Waals surface area (Å²) in [6.45, 7) is 2.52. The van der Waals surface area contributed by atoms with Crippen molar-refractivity contribution in [2.24, 2.45) is 11.3 Å². The van der Waals surface area contributed by atoms with E-state index in [2.05, 4.69) is 15.5 Å². The largest absolute Gasteiger partial charge is 0.351 e. The fraction of sp³-hybridized carbons (Fsp3) is 0.895. The van der Waals surface area contributed by atoms with Gasteiger partial charge in [-0.15, -0.1) is 0 Å². The minimum absolute atomic E-state index is 0.0180. The van der Waals surface area contributed by atoms with Crippen LogP contribution in [0.2, 0.25) is 0 Å². The van der Waals surface area contributed by atoms with Crippen LogP contribution in [0.4, 0.5) is 0 Å². The van der Waals surface area contributed by atoms with Crippen LogP contribution < -0.4 is 10.6 Å². The molecule has 2 amide bonds. The van der Waals surface area contributed by atoms with Gasteiger partial charge in [-0.05, 0) is 38.1 Å². The Labute approximate surface area is 144 Å². The lowest BCUT2D eigenvalue weighted by Gasteiger charge is -2.38. The van der Waals surface area contributed by atoms with Crippen LogP contribution in [-0.2, 0) is 9.59 Å². The van der Waals surface area contributed by atoms with Gasteiger partial charge in [-0.2, -0.15) is 0 Å². The number of carbonyl (C=O) groups excluding carboxylic acids is 2. The number of amides is 2. The summed E-state index contributed by atoms with van der Waals surface area (Å²) in [6, 6.07) is 0.436. The molecule has 0 aromatic carbocycles. The van der Waals surface area contributed by atoms with Crippen molar-refractivity contribution in [1.29, 1.82) is 0 Å². The minimum atomic E-state index is -0.209. The topological polar surface area (TPSA) is 61.4 Å². The first-order valence-electron chi connectivity index (χ1n) is 10.0. The fourth-order valence-electron chi connectivity index (χ4n) is 5.59. The average Bonchev–Trinajstić information content (AvgIpc) is 3.20. The highest BCUT2D eigenvalue weighted by Gasteiger charge is 2.50. The van der Waals surface area contributed by atoms with Crippen molar-refractivity contribution in [2.75, 3.05) is 19.6 Å². The number of likely N-dealkylation sites (tertiary alicyclic amines) is 1. The maximum atomic E-state index is 13.1. The molecular weight excluding hydrogens is 302 g/mol. The summed E-state index contributed by atoms with van der Waals surface area (Å²) in [5, 5.41) is 6.71. The predicted molar refractivity (Wildman–Crippen MR) is 92.4 cm³/mol. The lowest BCUT2D eigenvalue weighted by molar-refractivity contribution is -0.134. The van der Waals surface area contributed by atoms with Gasteiger partial charge in [-0.25, -0.2) is 0 Å². The Balaban J connectivity index is 1.38. The molecule has 0 aromatic heterocycles. The van der Waals surface area contributed by atoms with Crippen molar-refractivity contribution >= 4 is 11.8 Å². The summed E-state index contributed by atoms with van der Waals surface area (Å²) in [6.07, 6.45) is 11.1. The van der Waals surface area contributed by atoms with E-state index in [4.69, 9.17) is 0 Å². The van der Waals surface area contributed by atoms with Crippen molar-refractivity contribution < 1.29 is 9.59 Å². The molecular formula is C19H31N3O2. The van der Waals surface area contributed by atoms with E-state index in [1.165, 1.54) is 25.7 Å². The van der Waals surface area contributed by atoms with Gasteiger partial charge >= 0.3 is 0 Å². The minimum Gasteiger partial charge on any atom is -0.351 e. The SMILES string of the molecule is O=C1CC(NC(=O)[C@@]23CCCC[C@H]2CNC3)CN1C1CCCCC1. The first-order chi connectivity index (χ1) is 11.7. The zero-order valence-electron chi connectivity index (χ0n) is 14.7. The summed E-state index contributed by atoms with van der Waals surface area (Å²) < 4.78 is 0. The molecule has 2 aliphatic carbocycles. The van der Waals surface area contributed by atoms with Gasteiger partial charge in [-0.3, -0.25) is 9.59 Å². The van der Waals surface area contributed by atoms with Gasteiger partial charge in [0.05, 0.1) is 11.5 Å². The van der Waals surface area contributed by atoms with Gasteiger partial charge in [0.2, 0.25) is 11.8 Å². The number of nitrogens with zero attached hydrogens (tertiary/aromatic N) is 1. The average molecular weight is 333 g/mol. The van der Waals surface area contributed by atoms with E-state index < -0.39 is 0 Å². The number of hydrogen-bond donors (Lipinski definition) is 2. The predicted octanol–water partition coefficient (Wildman–Crippen LogP) is 1.82. The summed E-state index contributed by atoms with van der Waals surface area (Å²) in [4.78, 5) is 27.6. The molecule has 2 saturated heterocycles. The van der Waals surface area contributed by atoms with E-state index in [0.717, 1.165) is 51.7 Å². The fourth-order valence-corrected chi connectivity index (χ4v) is 5.59. The van der Waals surface area contributed by atoms with E-state index in [0.29, 0.717) is 18.4 Å². The molecule has 2 N–H and O–H groups in total. The molecule has 0 bridgehead atoms. The van der Waals surface area contributed by atoms with E-state index in [1.807, 2.05) is 0 Å². The third kappa shape index (κ3) is 2.85. The van der Waals surface area contributed by atoms with E-state index in [1.54, 1.807) is 0 Å². The molecule has 134 valence electrons. The molecule has 1 unspecified atom stereocenters. The van der Waals surface area contributed by atoms with Crippen molar-refractivity contribution in [3.8, 4) is 0 Å². The molecule has 5 nitrogen and oxygen atoms in total. The maximum Gasteiger partial charge on any atom is 0.228 e. The second-order valence-corrected chi connectivity index (χ2v) is 8.44. The van der Waals surface area contributed by atoms with Crippen molar-refractivity contribution in [3.05, 3.63) is 0 Å². The Morgan fingerprint density at radius 3 is 2.75 bits per heavy atom. The molecule has 5 heteroatoms. The first kappa shape index (κ1) is 16.4. The third-order valence-electron chi connectivity index (χ3n) is 7.00. The van der Waals surface area contributed by atoms with Crippen molar-refractivity contribution in [2.45, 2.75) is 76.3 Å². The second kappa shape index (κ2) is 6.66. The smallest absolute Gasteiger partial charge is 0.228 e. The van der Waals surface area contributed by atoms with Crippen LogP contribution in [0.1, 0.15) is 64.2 Å². The maximum absolute atomic E-state index is 13.1. The highest BCUT2D eigenvalue weighted by atomic mass is 16.2. The molecule has 0 aromatic rings. The molecule has 0 radical (unpaired) electrons. The molecule has 24 heavy (non-hydrogen) atoms. The Morgan fingerprint density at radius 2 is 1.92 bits per heavy atom. The third-order valence-corrected chi connectivity index (χ3v) is 7.00. The van der Waals surface area contributed by atoms with Gasteiger partial charge in [-0.1, -0.05) is 32.1 Å². The van der Waals surface area contributed by atoms with Gasteiger partial charge in [0.1, 0.15) is 0 Å². The number of fused-ring (bicyclic) bond motifs is 1. The zero-order chi connectivity index (χ0) is 16.6. The molecule has 3 atom stereocenters. The number of rotatable bonds is 3. The molecule has 2 aliphatic heterocycles. The van der Waals surface area contributed by atoms with Crippen LogP contribution in [0.15, 0.2) is 0 Å². The quantitative estimate of drug-likeness (QED) is 0.828. The summed E-state index contributed by atoms with van der Waals surface area (Å²) in [7, 11) is 0. The van der Waals surface area contributed by atoms with Crippen LogP contribution in [-0.4, -0.2) is 48.4 Å². The van der Waals surface area contributed by atoms with E-state index in [9.17, 15) is 9.59 Å². The van der Waals surface area contributed by atoms with Gasteiger partial charge in [0.15, 0.2) is 0 Å². The molecule has 0 spiro atoms. The molecule has 4 fully saturated rings. The number of hydrogen-bond acceptors (Lipinski definition) is 3. The van der Waals surface area contributed by atoms with Crippen molar-refractivity contribution in [1.82, 2.24) is 15.5 Å². The van der Waals surface area contributed by atoms with Gasteiger partial charge in [0.25, 0.3) is 0 Å². The number of nitrogens with one attached hydrogen (secondary N) is 2. The Hall–Kier alpha value is -1.10. The normalized spacial score (nSPS) is 37.5. The van der Waals surface area contributed by atoms with Crippen LogP contribution in [0.3, 0.4) is 0 Å². The van der Waals surface area contributed by atoms with Gasteiger partial charge < -0.3 is 15.5 Å². The Kier molecular flexibility index (Phi) is 4.54. The lowest BCUT2D eigenvalue weighted by Crippen LogP contribution is -2.51. The van der Waals surface area contributed by atoms with Crippen LogP contribution >= 0.6 is 0 Å². The number of carbonyl (C=O) groups is 2. The molecule has 2 heterocycles. The first-order valence-corrected chi connectivity index (χ1v) is 10.0. The van der Waals surface area contributed by atoms with E-state index in [-0.39, 0.29) is 23.3 Å². The Morgan fingerprint density at radius 1 is 1.12 bits per heavy atom. The van der Waals surface area contributed by atoms with Crippen LogP contribution in [0, 0.1) is 11.3 Å². The second-order valence-electron chi connectivity index (χ2n) is 8.44. The molecule has 4 aliphatic rings. The lowest BCUT2D eigenvalue weighted by atomic mass is 9.67. The highest BCUT2D eigenvalue weighted by molar-refractivity contribution is 5.86. The van der Waals surface area contributed by atoms with Crippen LogP contribution in [0.5, 0.6) is 0 Å². The molecule has 2 saturated carbocycles. The zero-order valence-corrected chi connectivity index (χ0v) is 14.7.